The van der Waals surface area contributed by atoms with Crippen LogP contribution in [0.25, 0.3) is 0 Å². The zero-order valence-corrected chi connectivity index (χ0v) is 18.1. The number of nitrogens with one attached hydrogen (secondary N) is 2. The number of ether oxygens (including phenoxy) is 1. The molecule has 0 aromatic heterocycles. The van der Waals surface area contributed by atoms with E-state index in [0.717, 1.165) is 16.7 Å². The number of amides is 2. The van der Waals surface area contributed by atoms with Gasteiger partial charge in [0.25, 0.3) is 11.8 Å². The molecule has 2 amide bonds. The van der Waals surface area contributed by atoms with Gasteiger partial charge in [-0.1, -0.05) is 60.7 Å². The van der Waals surface area contributed by atoms with Gasteiger partial charge in [0.2, 0.25) is 0 Å². The Labute approximate surface area is 187 Å². The summed E-state index contributed by atoms with van der Waals surface area (Å²) in [7, 11) is 0. The molecular weight excluding hydrogens is 404 g/mol. The van der Waals surface area contributed by atoms with Crippen LogP contribution in [0.4, 0.5) is 5.69 Å². The van der Waals surface area contributed by atoms with Crippen LogP contribution in [0.2, 0.25) is 0 Å². The molecule has 32 heavy (non-hydrogen) atoms. The van der Waals surface area contributed by atoms with Gasteiger partial charge < -0.3 is 15.4 Å². The Bertz CT molecular complexity index is 1080. The van der Waals surface area contributed by atoms with E-state index in [9.17, 15) is 14.4 Å². The number of hydrogen-bond acceptors (Lipinski definition) is 4. The summed E-state index contributed by atoms with van der Waals surface area (Å²) in [6, 6.07) is 23.0. The maximum absolute atomic E-state index is 12.6. The molecule has 0 fully saturated rings. The zero-order valence-electron chi connectivity index (χ0n) is 18.1. The molecule has 3 aromatic rings. The first-order valence-electron chi connectivity index (χ1n) is 10.4. The summed E-state index contributed by atoms with van der Waals surface area (Å²) in [5, 5.41) is 5.64. The van der Waals surface area contributed by atoms with E-state index in [2.05, 4.69) is 10.6 Å². The second kappa shape index (κ2) is 10.9. The Kier molecular flexibility index (Phi) is 7.75. The standard InChI is InChI=1S/C26H26N2O4/c1-18-10-9-15-22(19(18)2)27-24(29)17-32-25(30)16-23(20-11-5-3-6-12-20)28-26(31)21-13-7-4-8-14-21/h3-15,23H,16-17H2,1-2H3,(H,27,29)(H,28,31). The Morgan fingerprint density at radius 2 is 1.50 bits per heavy atom. The molecular formula is C26H26N2O4. The van der Waals surface area contributed by atoms with Gasteiger partial charge in [0.1, 0.15) is 0 Å². The van der Waals surface area contributed by atoms with Crippen molar-refractivity contribution in [1.29, 1.82) is 0 Å². The fourth-order valence-corrected chi connectivity index (χ4v) is 3.21. The maximum atomic E-state index is 12.6. The zero-order chi connectivity index (χ0) is 22.9. The molecule has 0 saturated heterocycles. The lowest BCUT2D eigenvalue weighted by Crippen LogP contribution is -2.31. The lowest BCUT2D eigenvalue weighted by Gasteiger charge is -2.19. The number of aryl methyl sites for hydroxylation is 1. The van der Waals surface area contributed by atoms with Crippen molar-refractivity contribution in [3.05, 3.63) is 101 Å². The van der Waals surface area contributed by atoms with Crippen molar-refractivity contribution in [3.8, 4) is 0 Å². The van der Waals surface area contributed by atoms with Crippen molar-refractivity contribution in [2.24, 2.45) is 0 Å². The summed E-state index contributed by atoms with van der Waals surface area (Å²) in [5.41, 5.74) is 3.96. The van der Waals surface area contributed by atoms with Gasteiger partial charge in [-0.15, -0.1) is 0 Å². The highest BCUT2D eigenvalue weighted by Gasteiger charge is 2.21. The molecule has 0 radical (unpaired) electrons. The molecule has 2 N–H and O–H groups in total. The summed E-state index contributed by atoms with van der Waals surface area (Å²) >= 11 is 0. The number of carbonyl (C=O) groups is 3. The minimum Gasteiger partial charge on any atom is -0.455 e. The largest absolute Gasteiger partial charge is 0.455 e. The molecule has 1 unspecified atom stereocenters. The van der Waals surface area contributed by atoms with Gasteiger partial charge >= 0.3 is 5.97 Å². The third-order valence-electron chi connectivity index (χ3n) is 5.16. The van der Waals surface area contributed by atoms with Gasteiger partial charge in [-0.25, -0.2) is 0 Å². The molecule has 6 heteroatoms. The van der Waals surface area contributed by atoms with Gasteiger partial charge in [-0.2, -0.15) is 0 Å². The minimum atomic E-state index is -0.585. The average Bonchev–Trinajstić information content (AvgIpc) is 2.81. The molecule has 3 rings (SSSR count). The monoisotopic (exact) mass is 430 g/mol. The van der Waals surface area contributed by atoms with Crippen molar-refractivity contribution in [1.82, 2.24) is 5.32 Å². The van der Waals surface area contributed by atoms with E-state index in [1.165, 1.54) is 0 Å². The third-order valence-corrected chi connectivity index (χ3v) is 5.16. The van der Waals surface area contributed by atoms with Crippen LogP contribution in [-0.2, 0) is 14.3 Å². The molecule has 0 aliphatic rings. The number of esters is 1. The smallest absolute Gasteiger partial charge is 0.308 e. The van der Waals surface area contributed by atoms with Crippen molar-refractivity contribution in [2.75, 3.05) is 11.9 Å². The van der Waals surface area contributed by atoms with E-state index in [4.69, 9.17) is 4.74 Å². The summed E-state index contributed by atoms with van der Waals surface area (Å²) in [6.07, 6.45) is -0.0979. The van der Waals surface area contributed by atoms with Crippen LogP contribution < -0.4 is 10.6 Å². The van der Waals surface area contributed by atoms with Gasteiger partial charge in [0, 0.05) is 11.3 Å². The Balaban J connectivity index is 1.60. The molecule has 0 aliphatic carbocycles. The first kappa shape index (κ1) is 22.7. The summed E-state index contributed by atoms with van der Waals surface area (Å²) in [5.74, 6) is -1.29. The van der Waals surface area contributed by atoms with Gasteiger partial charge in [0.15, 0.2) is 6.61 Å². The summed E-state index contributed by atoms with van der Waals surface area (Å²) in [6.45, 7) is 3.47. The van der Waals surface area contributed by atoms with E-state index < -0.39 is 24.5 Å². The molecule has 0 spiro atoms. The van der Waals surface area contributed by atoms with Crippen molar-refractivity contribution in [2.45, 2.75) is 26.3 Å². The fourth-order valence-electron chi connectivity index (χ4n) is 3.21. The lowest BCUT2D eigenvalue weighted by molar-refractivity contribution is -0.147. The molecule has 0 aliphatic heterocycles. The molecule has 3 aromatic carbocycles. The number of carbonyl (C=O) groups excluding carboxylic acids is 3. The number of hydrogen-bond donors (Lipinski definition) is 2. The fraction of sp³-hybridized carbons (Fsp3) is 0.192. The van der Waals surface area contributed by atoms with Crippen molar-refractivity contribution >= 4 is 23.5 Å². The van der Waals surface area contributed by atoms with Crippen LogP contribution in [0, 0.1) is 13.8 Å². The molecule has 164 valence electrons. The van der Waals surface area contributed by atoms with Crippen LogP contribution in [-0.4, -0.2) is 24.4 Å². The van der Waals surface area contributed by atoms with Crippen molar-refractivity contribution < 1.29 is 19.1 Å². The molecule has 6 nitrogen and oxygen atoms in total. The maximum Gasteiger partial charge on any atom is 0.308 e. The Hall–Kier alpha value is -3.93. The predicted molar refractivity (Wildman–Crippen MR) is 123 cm³/mol. The van der Waals surface area contributed by atoms with E-state index in [-0.39, 0.29) is 12.3 Å². The van der Waals surface area contributed by atoms with Crippen LogP contribution in [0.5, 0.6) is 0 Å². The normalized spacial score (nSPS) is 11.3. The Morgan fingerprint density at radius 3 is 2.19 bits per heavy atom. The lowest BCUT2D eigenvalue weighted by atomic mass is 10.0. The molecule has 0 bridgehead atoms. The second-order valence-electron chi connectivity index (χ2n) is 7.46. The number of anilines is 1. The number of benzene rings is 3. The highest BCUT2D eigenvalue weighted by Crippen LogP contribution is 2.19. The molecule has 0 heterocycles. The highest BCUT2D eigenvalue weighted by atomic mass is 16.5. The van der Waals surface area contributed by atoms with Gasteiger partial charge in [0.05, 0.1) is 12.5 Å². The van der Waals surface area contributed by atoms with E-state index in [1.807, 2.05) is 62.4 Å². The first-order valence-corrected chi connectivity index (χ1v) is 10.4. The number of rotatable bonds is 8. The second-order valence-corrected chi connectivity index (χ2v) is 7.46. The minimum absolute atomic E-state index is 0.0979. The van der Waals surface area contributed by atoms with Crippen LogP contribution in [0.1, 0.15) is 39.5 Å². The first-order chi connectivity index (χ1) is 15.4. The summed E-state index contributed by atoms with van der Waals surface area (Å²) < 4.78 is 5.18. The average molecular weight is 431 g/mol. The molecule has 0 saturated carbocycles. The highest BCUT2D eigenvalue weighted by molar-refractivity contribution is 5.95. The van der Waals surface area contributed by atoms with Crippen molar-refractivity contribution in [3.63, 3.8) is 0 Å². The van der Waals surface area contributed by atoms with Crippen LogP contribution in [0.3, 0.4) is 0 Å². The predicted octanol–water partition coefficient (Wildman–Crippen LogP) is 4.35. The molecule has 1 atom stereocenters. The van der Waals surface area contributed by atoms with E-state index in [0.29, 0.717) is 11.3 Å². The summed E-state index contributed by atoms with van der Waals surface area (Å²) in [4.78, 5) is 37.3. The van der Waals surface area contributed by atoms with Crippen LogP contribution in [0.15, 0.2) is 78.9 Å². The third kappa shape index (κ3) is 6.28. The quantitative estimate of drug-likeness (QED) is 0.521. The van der Waals surface area contributed by atoms with Gasteiger partial charge in [-0.3, -0.25) is 14.4 Å². The Morgan fingerprint density at radius 1 is 0.844 bits per heavy atom. The van der Waals surface area contributed by atoms with Crippen LogP contribution >= 0.6 is 0 Å². The topological polar surface area (TPSA) is 84.5 Å². The SMILES string of the molecule is Cc1cccc(NC(=O)COC(=O)CC(NC(=O)c2ccccc2)c2ccccc2)c1C. The van der Waals surface area contributed by atoms with Gasteiger partial charge in [-0.05, 0) is 48.7 Å². The van der Waals surface area contributed by atoms with E-state index >= 15 is 0 Å². The van der Waals surface area contributed by atoms with E-state index in [1.54, 1.807) is 30.3 Å².